The molecular weight excluding hydrogens is 218 g/mol. The fourth-order valence-corrected chi connectivity index (χ4v) is 0.887. The molecule has 1 aromatic rings. The average molecular weight is 237 g/mol. The SMILES string of the molecule is C/C=C/CNC(=O)c1ncc(OC)cn1.CC. The summed E-state index contributed by atoms with van der Waals surface area (Å²) in [4.78, 5) is 19.1. The van der Waals surface area contributed by atoms with Crippen molar-refractivity contribution < 1.29 is 9.53 Å². The molecule has 0 atom stereocenters. The van der Waals surface area contributed by atoms with Crippen LogP contribution < -0.4 is 10.1 Å². The van der Waals surface area contributed by atoms with E-state index < -0.39 is 0 Å². The molecule has 1 amide bonds. The lowest BCUT2D eigenvalue weighted by Crippen LogP contribution is -2.25. The highest BCUT2D eigenvalue weighted by Crippen LogP contribution is 2.03. The van der Waals surface area contributed by atoms with Crippen molar-refractivity contribution in [2.75, 3.05) is 13.7 Å². The molecule has 5 nitrogen and oxygen atoms in total. The average Bonchev–Trinajstić information content (AvgIpc) is 2.41. The fourth-order valence-electron chi connectivity index (χ4n) is 0.887. The Bertz CT molecular complexity index is 347. The number of ether oxygens (including phenoxy) is 1. The molecule has 0 unspecified atom stereocenters. The molecule has 1 rings (SSSR count). The van der Waals surface area contributed by atoms with Crippen molar-refractivity contribution in [2.24, 2.45) is 0 Å². The van der Waals surface area contributed by atoms with Crippen LogP contribution in [0.4, 0.5) is 0 Å². The van der Waals surface area contributed by atoms with Crippen molar-refractivity contribution in [3.8, 4) is 5.75 Å². The van der Waals surface area contributed by atoms with Gasteiger partial charge in [0.25, 0.3) is 5.91 Å². The van der Waals surface area contributed by atoms with Crippen LogP contribution in [0.5, 0.6) is 5.75 Å². The lowest BCUT2D eigenvalue weighted by molar-refractivity contribution is 0.0947. The monoisotopic (exact) mass is 237 g/mol. The minimum absolute atomic E-state index is 0.139. The minimum atomic E-state index is -0.296. The summed E-state index contributed by atoms with van der Waals surface area (Å²) in [6, 6.07) is 0. The highest BCUT2D eigenvalue weighted by atomic mass is 16.5. The summed E-state index contributed by atoms with van der Waals surface area (Å²) in [6.07, 6.45) is 6.60. The second-order valence-corrected chi connectivity index (χ2v) is 2.73. The molecule has 5 heteroatoms. The Labute approximate surface area is 102 Å². The number of hydrogen-bond acceptors (Lipinski definition) is 4. The molecule has 94 valence electrons. The third kappa shape index (κ3) is 5.65. The fraction of sp³-hybridized carbons (Fsp3) is 0.417. The van der Waals surface area contributed by atoms with E-state index in [2.05, 4.69) is 15.3 Å². The highest BCUT2D eigenvalue weighted by molar-refractivity contribution is 5.90. The van der Waals surface area contributed by atoms with Gasteiger partial charge in [0.15, 0.2) is 5.75 Å². The van der Waals surface area contributed by atoms with E-state index >= 15 is 0 Å². The van der Waals surface area contributed by atoms with Crippen molar-refractivity contribution in [1.29, 1.82) is 0 Å². The van der Waals surface area contributed by atoms with Crippen LogP contribution in [0, 0.1) is 0 Å². The summed E-state index contributed by atoms with van der Waals surface area (Å²) in [7, 11) is 1.52. The zero-order valence-corrected chi connectivity index (χ0v) is 10.7. The van der Waals surface area contributed by atoms with Gasteiger partial charge >= 0.3 is 0 Å². The van der Waals surface area contributed by atoms with Crippen LogP contribution in [0.1, 0.15) is 31.4 Å². The number of aromatic nitrogens is 2. The van der Waals surface area contributed by atoms with Gasteiger partial charge in [-0.2, -0.15) is 0 Å². The zero-order valence-electron chi connectivity index (χ0n) is 10.7. The van der Waals surface area contributed by atoms with Gasteiger partial charge < -0.3 is 10.1 Å². The van der Waals surface area contributed by atoms with E-state index in [1.807, 2.05) is 32.9 Å². The molecular formula is C12H19N3O2. The second kappa shape index (κ2) is 9.33. The predicted molar refractivity (Wildman–Crippen MR) is 67.1 cm³/mol. The lowest BCUT2D eigenvalue weighted by atomic mass is 10.4. The summed E-state index contributed by atoms with van der Waals surface area (Å²) in [6.45, 7) is 6.36. The molecule has 0 fully saturated rings. The Morgan fingerprint density at radius 2 is 2.00 bits per heavy atom. The van der Waals surface area contributed by atoms with Gasteiger partial charge in [0.2, 0.25) is 5.82 Å². The highest BCUT2D eigenvalue weighted by Gasteiger charge is 2.06. The minimum Gasteiger partial charge on any atom is -0.494 e. The van der Waals surface area contributed by atoms with Crippen LogP contribution in [0.3, 0.4) is 0 Å². The smallest absolute Gasteiger partial charge is 0.289 e. The van der Waals surface area contributed by atoms with Gasteiger partial charge in [-0.3, -0.25) is 4.79 Å². The van der Waals surface area contributed by atoms with Gasteiger partial charge in [0.1, 0.15) is 0 Å². The molecule has 0 aromatic carbocycles. The Hall–Kier alpha value is -1.91. The first-order chi connectivity index (χ1) is 8.27. The maximum atomic E-state index is 11.4. The van der Waals surface area contributed by atoms with E-state index in [0.29, 0.717) is 12.3 Å². The van der Waals surface area contributed by atoms with Gasteiger partial charge in [-0.25, -0.2) is 9.97 Å². The molecule has 0 aliphatic rings. The van der Waals surface area contributed by atoms with Crippen LogP contribution in [0.15, 0.2) is 24.5 Å². The molecule has 0 radical (unpaired) electrons. The van der Waals surface area contributed by atoms with E-state index in [4.69, 9.17) is 4.74 Å². The van der Waals surface area contributed by atoms with E-state index in [0.717, 1.165) is 0 Å². The molecule has 0 saturated heterocycles. The topological polar surface area (TPSA) is 64.1 Å². The first-order valence-electron chi connectivity index (χ1n) is 5.53. The largest absolute Gasteiger partial charge is 0.494 e. The van der Waals surface area contributed by atoms with E-state index in [1.54, 1.807) is 0 Å². The van der Waals surface area contributed by atoms with Crippen molar-refractivity contribution in [2.45, 2.75) is 20.8 Å². The number of nitrogens with zero attached hydrogens (tertiary/aromatic N) is 2. The van der Waals surface area contributed by atoms with Crippen molar-refractivity contribution in [3.05, 3.63) is 30.4 Å². The summed E-state index contributed by atoms with van der Waals surface area (Å²) < 4.78 is 4.88. The number of rotatable bonds is 4. The molecule has 0 aliphatic carbocycles. The standard InChI is InChI=1S/C10H13N3O2.C2H6/c1-3-4-5-11-10(14)9-12-6-8(15-2)7-13-9;1-2/h3-4,6-7H,5H2,1-2H3,(H,11,14);1-2H3/b4-3+;. The molecule has 1 heterocycles. The number of carbonyl (C=O) groups excluding carboxylic acids is 1. The summed E-state index contributed by atoms with van der Waals surface area (Å²) in [5.41, 5.74) is 0. The Morgan fingerprint density at radius 3 is 2.47 bits per heavy atom. The predicted octanol–water partition coefficient (Wildman–Crippen LogP) is 1.82. The van der Waals surface area contributed by atoms with E-state index in [-0.39, 0.29) is 11.7 Å². The van der Waals surface area contributed by atoms with E-state index in [9.17, 15) is 4.79 Å². The van der Waals surface area contributed by atoms with Crippen LogP contribution >= 0.6 is 0 Å². The lowest BCUT2D eigenvalue weighted by Gasteiger charge is -2.01. The van der Waals surface area contributed by atoms with Crippen LogP contribution in [0.25, 0.3) is 0 Å². The van der Waals surface area contributed by atoms with Crippen LogP contribution in [-0.4, -0.2) is 29.5 Å². The van der Waals surface area contributed by atoms with E-state index in [1.165, 1.54) is 19.5 Å². The number of allylic oxidation sites excluding steroid dienone is 1. The molecule has 17 heavy (non-hydrogen) atoms. The Kier molecular flexibility index (Phi) is 8.28. The number of amides is 1. The summed E-state index contributed by atoms with van der Waals surface area (Å²) in [5.74, 6) is 0.371. The molecule has 0 aliphatic heterocycles. The number of hydrogen-bond donors (Lipinski definition) is 1. The second-order valence-electron chi connectivity index (χ2n) is 2.73. The maximum absolute atomic E-state index is 11.4. The molecule has 1 aromatic heterocycles. The van der Waals surface area contributed by atoms with Crippen molar-refractivity contribution in [1.82, 2.24) is 15.3 Å². The Balaban J connectivity index is 0.00000121. The van der Waals surface area contributed by atoms with Gasteiger partial charge in [0, 0.05) is 6.54 Å². The van der Waals surface area contributed by atoms with Crippen molar-refractivity contribution >= 4 is 5.91 Å². The first kappa shape index (κ1) is 15.1. The normalized spacial score (nSPS) is 9.41. The Morgan fingerprint density at radius 1 is 1.41 bits per heavy atom. The molecule has 0 saturated carbocycles. The third-order valence-electron chi connectivity index (χ3n) is 1.68. The van der Waals surface area contributed by atoms with Crippen LogP contribution in [0.2, 0.25) is 0 Å². The number of carbonyl (C=O) groups is 1. The molecule has 0 bridgehead atoms. The number of nitrogens with one attached hydrogen (secondary N) is 1. The summed E-state index contributed by atoms with van der Waals surface area (Å²) in [5, 5.41) is 2.65. The van der Waals surface area contributed by atoms with Gasteiger partial charge in [-0.05, 0) is 6.92 Å². The summed E-state index contributed by atoms with van der Waals surface area (Å²) >= 11 is 0. The quantitative estimate of drug-likeness (QED) is 0.811. The molecule has 1 N–H and O–H groups in total. The zero-order chi connectivity index (χ0) is 13.1. The third-order valence-corrected chi connectivity index (χ3v) is 1.68. The van der Waals surface area contributed by atoms with Crippen molar-refractivity contribution in [3.63, 3.8) is 0 Å². The van der Waals surface area contributed by atoms with Crippen LogP contribution in [-0.2, 0) is 0 Å². The maximum Gasteiger partial charge on any atom is 0.289 e. The van der Waals surface area contributed by atoms with Gasteiger partial charge in [0.05, 0.1) is 19.5 Å². The number of methoxy groups -OCH3 is 1. The van der Waals surface area contributed by atoms with Gasteiger partial charge in [-0.15, -0.1) is 0 Å². The molecule has 0 spiro atoms. The first-order valence-corrected chi connectivity index (χ1v) is 5.53. The van der Waals surface area contributed by atoms with Gasteiger partial charge in [-0.1, -0.05) is 26.0 Å².